The molecule has 176 valence electrons. The van der Waals surface area contributed by atoms with Gasteiger partial charge in [0.15, 0.2) is 0 Å². The van der Waals surface area contributed by atoms with Crippen molar-refractivity contribution in [1.29, 1.82) is 0 Å². The molecule has 2 aromatic rings. The fourth-order valence-corrected chi connectivity index (χ4v) is 7.11. The minimum Gasteiger partial charge on any atom is -0.335 e. The molecule has 2 N–H and O–H groups in total. The molecule has 2 amide bonds. The molecule has 2 aliphatic heterocycles. The maximum atomic E-state index is 13.2. The number of sulfonamides is 1. The maximum Gasteiger partial charge on any atom is 0.319 e. The van der Waals surface area contributed by atoms with Crippen molar-refractivity contribution < 1.29 is 13.2 Å². The van der Waals surface area contributed by atoms with Crippen LogP contribution in [0.3, 0.4) is 0 Å². The summed E-state index contributed by atoms with van der Waals surface area (Å²) in [6.45, 7) is 1.19. The highest BCUT2D eigenvalue weighted by atomic mass is 32.2. The molecule has 0 spiro atoms. The van der Waals surface area contributed by atoms with Crippen LogP contribution in [0.25, 0.3) is 0 Å². The van der Waals surface area contributed by atoms with Crippen LogP contribution in [0.4, 0.5) is 10.5 Å². The molecule has 3 heterocycles. The Kier molecular flexibility index (Phi) is 6.01. The van der Waals surface area contributed by atoms with Crippen molar-refractivity contribution in [2.24, 2.45) is 5.92 Å². The molecule has 0 radical (unpaired) electrons. The molecule has 0 unspecified atom stereocenters. The molecule has 3 aliphatic rings. The average Bonchev–Trinajstić information content (AvgIpc) is 2.82. The molecule has 1 saturated heterocycles. The molecule has 2 bridgehead atoms. The lowest BCUT2D eigenvalue weighted by molar-refractivity contribution is 0.186. The number of benzene rings is 1. The van der Waals surface area contributed by atoms with Gasteiger partial charge in [0, 0.05) is 37.3 Å². The fourth-order valence-electron chi connectivity index (χ4n) is 5.53. The van der Waals surface area contributed by atoms with E-state index in [1.165, 1.54) is 6.42 Å². The number of anilines is 1. The van der Waals surface area contributed by atoms with Gasteiger partial charge < -0.3 is 15.2 Å². The van der Waals surface area contributed by atoms with Crippen LogP contribution in [0.5, 0.6) is 0 Å². The van der Waals surface area contributed by atoms with Crippen LogP contribution in [0.1, 0.15) is 50.1 Å². The van der Waals surface area contributed by atoms with E-state index < -0.39 is 10.0 Å². The zero-order valence-electron chi connectivity index (χ0n) is 18.6. The summed E-state index contributed by atoms with van der Waals surface area (Å²) in [5, 5.41) is 5.72. The van der Waals surface area contributed by atoms with Crippen molar-refractivity contribution in [1.82, 2.24) is 14.2 Å². The number of nitrogens with zero attached hydrogens (tertiary/aromatic N) is 2. The minimum atomic E-state index is -3.57. The van der Waals surface area contributed by atoms with Gasteiger partial charge in [-0.2, -0.15) is 4.31 Å². The lowest BCUT2D eigenvalue weighted by atomic mass is 9.84. The minimum absolute atomic E-state index is 0.0474. The molecule has 9 heteroatoms. The number of carbonyl (C=O) groups is 1. The number of pyridine rings is 1. The Morgan fingerprint density at radius 1 is 0.939 bits per heavy atom. The van der Waals surface area contributed by atoms with Crippen molar-refractivity contribution in [3.8, 4) is 0 Å². The average molecular weight is 471 g/mol. The van der Waals surface area contributed by atoms with Gasteiger partial charge in [0.1, 0.15) is 5.69 Å². The van der Waals surface area contributed by atoms with Crippen LogP contribution in [0, 0.1) is 5.92 Å². The number of hydrogen-bond donors (Lipinski definition) is 2. The first-order valence-corrected chi connectivity index (χ1v) is 13.2. The summed E-state index contributed by atoms with van der Waals surface area (Å²) in [4.78, 5) is 25.9. The SMILES string of the molecule is O=C(Nc1ccc2n(c1=O)C[C@@H]1C[C@@H]2CN(S(=O)(=O)c2ccccc2)C1)NC1CCCCC1. The van der Waals surface area contributed by atoms with E-state index in [0.717, 1.165) is 37.8 Å². The molecule has 2 atom stereocenters. The summed E-state index contributed by atoms with van der Waals surface area (Å²) in [6, 6.07) is 11.8. The third-order valence-electron chi connectivity index (χ3n) is 7.14. The molecule has 1 saturated carbocycles. The van der Waals surface area contributed by atoms with Crippen molar-refractivity contribution >= 4 is 21.7 Å². The topological polar surface area (TPSA) is 101 Å². The number of rotatable bonds is 4. The largest absolute Gasteiger partial charge is 0.335 e. The van der Waals surface area contributed by atoms with E-state index in [1.807, 2.05) is 6.07 Å². The zero-order valence-corrected chi connectivity index (χ0v) is 19.4. The van der Waals surface area contributed by atoms with Crippen molar-refractivity contribution in [3.05, 3.63) is 58.5 Å². The fraction of sp³-hybridized carbons (Fsp3) is 0.500. The van der Waals surface area contributed by atoms with Gasteiger partial charge in [0.2, 0.25) is 10.0 Å². The zero-order chi connectivity index (χ0) is 23.0. The second-order valence-electron chi connectivity index (χ2n) is 9.45. The lowest BCUT2D eigenvalue weighted by Gasteiger charge is -2.42. The third kappa shape index (κ3) is 4.44. The molecule has 8 nitrogen and oxygen atoms in total. The van der Waals surface area contributed by atoms with Crippen molar-refractivity contribution in [2.75, 3.05) is 18.4 Å². The summed E-state index contributed by atoms with van der Waals surface area (Å²) < 4.78 is 29.6. The van der Waals surface area contributed by atoms with Gasteiger partial charge in [-0.05, 0) is 49.4 Å². The molecule has 33 heavy (non-hydrogen) atoms. The van der Waals surface area contributed by atoms with E-state index in [0.29, 0.717) is 24.5 Å². The van der Waals surface area contributed by atoms with Crippen LogP contribution in [-0.4, -0.2) is 42.5 Å². The first-order valence-electron chi connectivity index (χ1n) is 11.8. The van der Waals surface area contributed by atoms with E-state index in [4.69, 9.17) is 0 Å². The van der Waals surface area contributed by atoms with Crippen molar-refractivity contribution in [2.45, 2.75) is 61.9 Å². The summed E-state index contributed by atoms with van der Waals surface area (Å²) >= 11 is 0. The highest BCUT2D eigenvalue weighted by Gasteiger charge is 2.39. The number of amides is 2. The second kappa shape index (κ2) is 8.95. The van der Waals surface area contributed by atoms with E-state index in [1.54, 1.807) is 45.3 Å². The maximum absolute atomic E-state index is 13.2. The number of urea groups is 1. The predicted molar refractivity (Wildman–Crippen MR) is 126 cm³/mol. The van der Waals surface area contributed by atoms with Gasteiger partial charge >= 0.3 is 6.03 Å². The number of hydrogen-bond acceptors (Lipinski definition) is 4. The number of fused-ring (bicyclic) bond motifs is 4. The molecular formula is C24H30N4O4S. The van der Waals surface area contributed by atoms with Gasteiger partial charge in [0.05, 0.1) is 4.90 Å². The van der Waals surface area contributed by atoms with Crippen LogP contribution in [0.15, 0.2) is 52.2 Å². The van der Waals surface area contributed by atoms with Gasteiger partial charge in [-0.3, -0.25) is 4.79 Å². The van der Waals surface area contributed by atoms with Crippen LogP contribution >= 0.6 is 0 Å². The van der Waals surface area contributed by atoms with E-state index in [9.17, 15) is 18.0 Å². The van der Waals surface area contributed by atoms with Gasteiger partial charge in [-0.1, -0.05) is 37.5 Å². The Balaban J connectivity index is 1.33. The number of aromatic nitrogens is 1. The summed E-state index contributed by atoms with van der Waals surface area (Å²) in [5.74, 6) is 0.00700. The number of piperidine rings is 1. The molecule has 1 aromatic carbocycles. The summed E-state index contributed by atoms with van der Waals surface area (Å²) in [5.41, 5.74) is 0.878. The molecule has 1 aliphatic carbocycles. The Hall–Kier alpha value is -2.65. The Bertz CT molecular complexity index is 1190. The van der Waals surface area contributed by atoms with Crippen LogP contribution < -0.4 is 16.2 Å². The van der Waals surface area contributed by atoms with Gasteiger partial charge in [-0.15, -0.1) is 0 Å². The van der Waals surface area contributed by atoms with E-state index in [2.05, 4.69) is 10.6 Å². The highest BCUT2D eigenvalue weighted by molar-refractivity contribution is 7.89. The molecular weight excluding hydrogens is 440 g/mol. The molecule has 5 rings (SSSR count). The van der Waals surface area contributed by atoms with Gasteiger partial charge in [-0.25, -0.2) is 13.2 Å². The van der Waals surface area contributed by atoms with Gasteiger partial charge in [0.25, 0.3) is 5.56 Å². The third-order valence-corrected chi connectivity index (χ3v) is 8.99. The lowest BCUT2D eigenvalue weighted by Crippen LogP contribution is -2.49. The van der Waals surface area contributed by atoms with Crippen LogP contribution in [0.2, 0.25) is 0 Å². The monoisotopic (exact) mass is 470 g/mol. The Morgan fingerprint density at radius 3 is 2.45 bits per heavy atom. The highest BCUT2D eigenvalue weighted by Crippen LogP contribution is 2.37. The van der Waals surface area contributed by atoms with Crippen molar-refractivity contribution in [3.63, 3.8) is 0 Å². The Morgan fingerprint density at radius 2 is 1.70 bits per heavy atom. The summed E-state index contributed by atoms with van der Waals surface area (Å²) in [6.07, 6.45) is 6.25. The normalized spacial score (nSPS) is 23.5. The smallest absolute Gasteiger partial charge is 0.319 e. The summed E-state index contributed by atoms with van der Waals surface area (Å²) in [7, 11) is -3.57. The Labute approximate surface area is 194 Å². The van der Waals surface area contributed by atoms with E-state index in [-0.39, 0.29) is 35.2 Å². The molecule has 1 aromatic heterocycles. The first kappa shape index (κ1) is 22.2. The van der Waals surface area contributed by atoms with E-state index >= 15 is 0 Å². The quantitative estimate of drug-likeness (QED) is 0.717. The van der Waals surface area contributed by atoms with Crippen LogP contribution in [-0.2, 0) is 16.6 Å². The number of carbonyl (C=O) groups excluding carboxylic acids is 1. The standard InChI is InChI=1S/C24H30N4O4S/c29-23-21(26-24(30)25-19-7-3-1-4-8-19)11-12-22-18-13-17(15-28(22)23)14-27(16-18)33(31,32)20-9-5-2-6-10-20/h2,5-6,9-12,17-19H,1,3-4,7-8,13-16H2,(H2,25,26,30)/t17-,18-/m1/s1. The molecule has 2 fully saturated rings. The predicted octanol–water partition coefficient (Wildman–Crippen LogP) is 3.11. The number of nitrogens with one attached hydrogen (secondary N) is 2. The second-order valence-corrected chi connectivity index (χ2v) is 11.4. The first-order chi connectivity index (χ1) is 15.9.